The lowest BCUT2D eigenvalue weighted by Crippen LogP contribution is -2.46. The minimum absolute atomic E-state index is 0.104. The van der Waals surface area contributed by atoms with E-state index in [0.717, 1.165) is 5.03 Å². The van der Waals surface area contributed by atoms with Crippen LogP contribution in [0.1, 0.15) is 12.8 Å². The Hall–Kier alpha value is -1.82. The number of allylic oxidation sites excluding steroid dienone is 1. The molecule has 1 aromatic heterocycles. The van der Waals surface area contributed by atoms with Gasteiger partial charge >= 0.3 is 0 Å². The van der Waals surface area contributed by atoms with Gasteiger partial charge in [0.15, 0.2) is 0 Å². The highest BCUT2D eigenvalue weighted by Gasteiger charge is 2.28. The molecule has 6 heteroatoms. The lowest BCUT2D eigenvalue weighted by Gasteiger charge is -2.26. The number of rotatable bonds is 5. The maximum Gasteiger partial charge on any atom is 0.230 e. The molecule has 106 valence electrons. The second-order valence-electron chi connectivity index (χ2n) is 4.58. The van der Waals surface area contributed by atoms with E-state index in [1.54, 1.807) is 6.20 Å². The van der Waals surface area contributed by atoms with Crippen LogP contribution in [0.5, 0.6) is 0 Å². The van der Waals surface area contributed by atoms with E-state index in [2.05, 4.69) is 10.3 Å². The number of amides is 2. The summed E-state index contributed by atoms with van der Waals surface area (Å²) in [5.41, 5.74) is 5.36. The van der Waals surface area contributed by atoms with Crippen LogP contribution in [0.2, 0.25) is 0 Å². The number of nitrogens with zero attached hydrogens (tertiary/aromatic N) is 1. The number of carbonyl (C=O) groups is 2. The van der Waals surface area contributed by atoms with E-state index in [4.69, 9.17) is 5.73 Å². The molecule has 0 aromatic carbocycles. The molecule has 0 unspecified atom stereocenters. The van der Waals surface area contributed by atoms with Crippen LogP contribution in [0.3, 0.4) is 0 Å². The molecule has 5 nitrogen and oxygen atoms in total. The summed E-state index contributed by atoms with van der Waals surface area (Å²) in [6.07, 6.45) is 6.83. The molecule has 3 N–H and O–H groups in total. The van der Waals surface area contributed by atoms with E-state index < -0.39 is 0 Å². The number of nitrogens with two attached hydrogens (primary N) is 1. The van der Waals surface area contributed by atoms with Crippen LogP contribution in [-0.2, 0) is 9.59 Å². The van der Waals surface area contributed by atoms with Gasteiger partial charge in [-0.1, -0.05) is 30.0 Å². The molecular formula is C14H17N3O2S. The van der Waals surface area contributed by atoms with Gasteiger partial charge in [-0.15, -0.1) is 0 Å². The first kappa shape index (κ1) is 14.6. The van der Waals surface area contributed by atoms with E-state index in [1.807, 2.05) is 30.4 Å². The zero-order valence-corrected chi connectivity index (χ0v) is 11.8. The Labute approximate surface area is 122 Å². The van der Waals surface area contributed by atoms with Gasteiger partial charge in [-0.3, -0.25) is 9.59 Å². The fourth-order valence-electron chi connectivity index (χ4n) is 2.11. The summed E-state index contributed by atoms with van der Waals surface area (Å²) < 4.78 is 0. The molecular weight excluding hydrogens is 274 g/mol. The Bertz CT molecular complexity index is 504. The molecule has 0 saturated heterocycles. The highest BCUT2D eigenvalue weighted by atomic mass is 32.2. The molecule has 2 rings (SSSR count). The number of primary amides is 1. The third kappa shape index (κ3) is 4.09. The summed E-state index contributed by atoms with van der Waals surface area (Å²) in [7, 11) is 0. The second kappa shape index (κ2) is 7.09. The minimum Gasteiger partial charge on any atom is -0.369 e. The highest BCUT2D eigenvalue weighted by molar-refractivity contribution is 7.99. The largest absolute Gasteiger partial charge is 0.369 e. The Morgan fingerprint density at radius 3 is 2.85 bits per heavy atom. The summed E-state index contributed by atoms with van der Waals surface area (Å²) in [5.74, 6) is -0.504. The summed E-state index contributed by atoms with van der Waals surface area (Å²) >= 11 is 1.37. The van der Waals surface area contributed by atoms with E-state index in [-0.39, 0.29) is 29.5 Å². The topological polar surface area (TPSA) is 85.1 Å². The second-order valence-corrected chi connectivity index (χ2v) is 5.58. The van der Waals surface area contributed by atoms with Gasteiger partial charge in [0, 0.05) is 12.2 Å². The fraction of sp³-hybridized carbons (Fsp3) is 0.357. The predicted octanol–water partition coefficient (Wildman–Crippen LogP) is 1.11. The van der Waals surface area contributed by atoms with Crippen molar-refractivity contribution >= 4 is 23.6 Å². The summed E-state index contributed by atoms with van der Waals surface area (Å²) in [5, 5.41) is 3.68. The smallest absolute Gasteiger partial charge is 0.230 e. The Balaban J connectivity index is 1.84. The van der Waals surface area contributed by atoms with Gasteiger partial charge in [0.1, 0.15) is 0 Å². The first-order chi connectivity index (χ1) is 9.66. The van der Waals surface area contributed by atoms with Crippen molar-refractivity contribution < 1.29 is 9.59 Å². The molecule has 1 aromatic rings. The maximum absolute atomic E-state index is 11.9. The van der Waals surface area contributed by atoms with Crippen LogP contribution < -0.4 is 11.1 Å². The van der Waals surface area contributed by atoms with E-state index in [9.17, 15) is 9.59 Å². The van der Waals surface area contributed by atoms with Gasteiger partial charge in [-0.2, -0.15) is 0 Å². The standard InChI is InChI=1S/C14H17N3O2S/c15-14(19)10-5-1-2-6-11(10)17-12(18)9-20-13-7-3-4-8-16-13/h1-4,7-8,10-11H,5-6,9H2,(H2,15,19)(H,17,18)/t10-,11-/m1/s1. The molecule has 1 aliphatic rings. The third-order valence-corrected chi connectivity index (χ3v) is 4.08. The van der Waals surface area contributed by atoms with Gasteiger partial charge in [0.2, 0.25) is 11.8 Å². The number of carbonyl (C=O) groups excluding carboxylic acids is 2. The van der Waals surface area contributed by atoms with Crippen LogP contribution in [0.25, 0.3) is 0 Å². The lowest BCUT2D eigenvalue weighted by molar-refractivity contribution is -0.124. The molecule has 1 heterocycles. The van der Waals surface area contributed by atoms with Crippen molar-refractivity contribution in [3.05, 3.63) is 36.5 Å². The third-order valence-electron chi connectivity index (χ3n) is 3.13. The normalized spacial score (nSPS) is 21.4. The highest BCUT2D eigenvalue weighted by Crippen LogP contribution is 2.19. The number of thioether (sulfide) groups is 1. The summed E-state index contributed by atoms with van der Waals surface area (Å²) in [6.45, 7) is 0. The Morgan fingerprint density at radius 1 is 1.35 bits per heavy atom. The number of hydrogen-bond acceptors (Lipinski definition) is 4. The van der Waals surface area contributed by atoms with Gasteiger partial charge in [-0.05, 0) is 25.0 Å². The van der Waals surface area contributed by atoms with Gasteiger partial charge in [0.05, 0.1) is 16.7 Å². The van der Waals surface area contributed by atoms with Crippen LogP contribution in [0, 0.1) is 5.92 Å². The summed E-state index contributed by atoms with van der Waals surface area (Å²) in [4.78, 5) is 27.4. The molecule has 1 aliphatic carbocycles. The molecule has 2 atom stereocenters. The number of nitrogens with one attached hydrogen (secondary N) is 1. The Morgan fingerprint density at radius 2 is 2.15 bits per heavy atom. The van der Waals surface area contributed by atoms with Crippen molar-refractivity contribution in [2.24, 2.45) is 11.7 Å². The fourth-order valence-corrected chi connectivity index (χ4v) is 2.78. The van der Waals surface area contributed by atoms with Crippen LogP contribution in [-0.4, -0.2) is 28.6 Å². The van der Waals surface area contributed by atoms with Crippen molar-refractivity contribution in [1.82, 2.24) is 10.3 Å². The SMILES string of the molecule is NC(=O)[C@@H]1CC=CC[C@H]1NC(=O)CSc1ccccn1. The average Bonchev–Trinajstić information content (AvgIpc) is 2.46. The zero-order chi connectivity index (χ0) is 14.4. The van der Waals surface area contributed by atoms with E-state index in [1.165, 1.54) is 11.8 Å². The van der Waals surface area contributed by atoms with Gasteiger partial charge < -0.3 is 11.1 Å². The van der Waals surface area contributed by atoms with Crippen molar-refractivity contribution in [2.75, 3.05) is 5.75 Å². The monoisotopic (exact) mass is 291 g/mol. The molecule has 0 saturated carbocycles. The quantitative estimate of drug-likeness (QED) is 0.628. The van der Waals surface area contributed by atoms with Crippen molar-refractivity contribution in [3.63, 3.8) is 0 Å². The zero-order valence-electron chi connectivity index (χ0n) is 11.0. The van der Waals surface area contributed by atoms with Crippen LogP contribution in [0.15, 0.2) is 41.6 Å². The molecule has 2 amide bonds. The van der Waals surface area contributed by atoms with E-state index in [0.29, 0.717) is 12.8 Å². The number of pyridine rings is 1. The molecule has 0 radical (unpaired) electrons. The van der Waals surface area contributed by atoms with E-state index >= 15 is 0 Å². The molecule has 0 aliphatic heterocycles. The summed E-state index contributed by atoms with van der Waals surface area (Å²) in [6, 6.07) is 5.36. The van der Waals surface area contributed by atoms with Gasteiger partial charge in [0.25, 0.3) is 0 Å². The van der Waals surface area contributed by atoms with Crippen molar-refractivity contribution in [3.8, 4) is 0 Å². The number of aromatic nitrogens is 1. The molecule has 0 fully saturated rings. The van der Waals surface area contributed by atoms with Crippen LogP contribution in [0.4, 0.5) is 0 Å². The minimum atomic E-state index is -0.364. The van der Waals surface area contributed by atoms with Gasteiger partial charge in [-0.25, -0.2) is 4.98 Å². The lowest BCUT2D eigenvalue weighted by atomic mass is 9.88. The first-order valence-corrected chi connectivity index (χ1v) is 7.43. The molecule has 0 spiro atoms. The van der Waals surface area contributed by atoms with Crippen molar-refractivity contribution in [1.29, 1.82) is 0 Å². The first-order valence-electron chi connectivity index (χ1n) is 6.44. The maximum atomic E-state index is 11.9. The molecule has 0 bridgehead atoms. The average molecular weight is 291 g/mol. The number of hydrogen-bond donors (Lipinski definition) is 2. The van der Waals surface area contributed by atoms with Crippen molar-refractivity contribution in [2.45, 2.75) is 23.9 Å². The van der Waals surface area contributed by atoms with Crippen LogP contribution >= 0.6 is 11.8 Å². The predicted molar refractivity (Wildman–Crippen MR) is 78.0 cm³/mol. The molecule has 20 heavy (non-hydrogen) atoms. The Kier molecular flexibility index (Phi) is 5.17.